The van der Waals surface area contributed by atoms with E-state index in [9.17, 15) is 4.79 Å². The van der Waals surface area contributed by atoms with E-state index in [1.54, 1.807) is 11.4 Å². The molecule has 5 heteroatoms. The van der Waals surface area contributed by atoms with E-state index in [0.717, 1.165) is 0 Å². The Morgan fingerprint density at radius 3 is 3.15 bits per heavy atom. The maximum atomic E-state index is 11.3. The van der Waals surface area contributed by atoms with Crippen LogP contribution in [0.4, 0.5) is 0 Å². The van der Waals surface area contributed by atoms with Crippen LogP contribution in [0, 0.1) is 18.3 Å². The van der Waals surface area contributed by atoms with Gasteiger partial charge in [0, 0.05) is 6.07 Å². The number of H-pyrrole nitrogens is 1. The van der Waals surface area contributed by atoms with Gasteiger partial charge in [-0.15, -0.1) is 0 Å². The molecule has 0 aliphatic carbocycles. The Morgan fingerprint density at radius 1 is 1.69 bits per heavy atom. The smallest absolute Gasteiger partial charge is 0.201 e. The zero-order valence-corrected chi connectivity index (χ0v) is 6.90. The molecule has 0 amide bonds. The van der Waals surface area contributed by atoms with Crippen LogP contribution in [0.1, 0.15) is 11.3 Å². The third-order valence-electron chi connectivity index (χ3n) is 1.93. The fourth-order valence-corrected chi connectivity index (χ4v) is 1.26. The number of aromatic amines is 1. The molecule has 2 aromatic rings. The number of hydrogen-bond acceptors (Lipinski definition) is 3. The van der Waals surface area contributed by atoms with Crippen LogP contribution < -0.4 is 5.43 Å². The number of aromatic nitrogens is 3. The zero-order valence-electron chi connectivity index (χ0n) is 6.90. The summed E-state index contributed by atoms with van der Waals surface area (Å²) in [6, 6.07) is 3.20. The quantitative estimate of drug-likeness (QED) is 0.620. The van der Waals surface area contributed by atoms with Gasteiger partial charge in [0.2, 0.25) is 5.43 Å². The normalized spacial score (nSPS) is 10.2. The van der Waals surface area contributed by atoms with Crippen molar-refractivity contribution in [2.24, 2.45) is 0 Å². The summed E-state index contributed by atoms with van der Waals surface area (Å²) < 4.78 is 1.60. The van der Waals surface area contributed by atoms with Gasteiger partial charge in [-0.05, 0) is 6.92 Å². The summed E-state index contributed by atoms with van der Waals surface area (Å²) in [5, 5.41) is 11.5. The Balaban J connectivity index is 3.04. The Kier molecular flexibility index (Phi) is 1.43. The van der Waals surface area contributed by atoms with Crippen LogP contribution in [0.15, 0.2) is 17.2 Å². The zero-order chi connectivity index (χ0) is 9.42. The fraction of sp³-hybridized carbons (Fsp3) is 0.125. The molecule has 2 heterocycles. The van der Waals surface area contributed by atoms with E-state index in [1.165, 1.54) is 12.4 Å². The lowest BCUT2D eigenvalue weighted by Gasteiger charge is -1.98. The first-order chi connectivity index (χ1) is 6.24. The van der Waals surface area contributed by atoms with Crippen LogP contribution in [0.3, 0.4) is 0 Å². The number of rotatable bonds is 0. The van der Waals surface area contributed by atoms with E-state index in [2.05, 4.69) is 10.1 Å². The highest BCUT2D eigenvalue weighted by Gasteiger charge is 2.07. The summed E-state index contributed by atoms with van der Waals surface area (Å²) in [7, 11) is 0. The predicted octanol–water partition coefficient (Wildman–Crippen LogP) is 0.203. The Hall–Kier alpha value is -2.09. The first-order valence-corrected chi connectivity index (χ1v) is 3.70. The molecule has 0 unspecified atom stereocenters. The van der Waals surface area contributed by atoms with Gasteiger partial charge in [0.05, 0.1) is 5.69 Å². The SMILES string of the molecule is Cc1c(C#N)c(=O)cc2nc[nH]n12. The molecule has 0 aromatic carbocycles. The van der Waals surface area contributed by atoms with E-state index in [4.69, 9.17) is 5.26 Å². The molecular formula is C8H6N4O. The van der Waals surface area contributed by atoms with Crippen LogP contribution in [-0.4, -0.2) is 14.6 Å². The van der Waals surface area contributed by atoms with Crippen LogP contribution in [0.25, 0.3) is 5.65 Å². The Morgan fingerprint density at radius 2 is 2.46 bits per heavy atom. The van der Waals surface area contributed by atoms with Crippen molar-refractivity contribution in [2.45, 2.75) is 6.92 Å². The van der Waals surface area contributed by atoms with E-state index in [1.807, 2.05) is 6.07 Å². The standard InChI is InChI=1S/C8H6N4O/c1-5-6(3-9)7(13)2-8-10-4-11-12(5)8/h2,4H,1H3,(H,10,11). The number of nitriles is 1. The van der Waals surface area contributed by atoms with Crippen LogP contribution in [0.5, 0.6) is 0 Å². The van der Waals surface area contributed by atoms with E-state index in [-0.39, 0.29) is 11.0 Å². The molecular weight excluding hydrogens is 168 g/mol. The third-order valence-corrected chi connectivity index (χ3v) is 1.93. The molecule has 0 fully saturated rings. The molecule has 64 valence electrons. The lowest BCUT2D eigenvalue weighted by Crippen LogP contribution is -2.11. The molecule has 0 bridgehead atoms. The minimum absolute atomic E-state index is 0.154. The van der Waals surface area contributed by atoms with Gasteiger partial charge in [0.25, 0.3) is 0 Å². The van der Waals surface area contributed by atoms with Crippen molar-refractivity contribution < 1.29 is 0 Å². The average Bonchev–Trinajstić information content (AvgIpc) is 2.53. The van der Waals surface area contributed by atoms with Gasteiger partial charge < -0.3 is 0 Å². The molecule has 0 saturated carbocycles. The molecule has 2 rings (SSSR count). The van der Waals surface area contributed by atoms with Crippen molar-refractivity contribution in [3.05, 3.63) is 33.9 Å². The van der Waals surface area contributed by atoms with Crippen molar-refractivity contribution in [3.63, 3.8) is 0 Å². The molecule has 13 heavy (non-hydrogen) atoms. The minimum Gasteiger partial charge on any atom is -0.288 e. The lowest BCUT2D eigenvalue weighted by atomic mass is 10.2. The summed E-state index contributed by atoms with van der Waals surface area (Å²) in [6.45, 7) is 1.70. The van der Waals surface area contributed by atoms with E-state index in [0.29, 0.717) is 11.3 Å². The summed E-state index contributed by atoms with van der Waals surface area (Å²) in [5.41, 5.74) is 0.984. The summed E-state index contributed by atoms with van der Waals surface area (Å²) in [4.78, 5) is 15.2. The van der Waals surface area contributed by atoms with Gasteiger partial charge in [-0.1, -0.05) is 0 Å². The van der Waals surface area contributed by atoms with Gasteiger partial charge in [0.1, 0.15) is 18.0 Å². The van der Waals surface area contributed by atoms with Gasteiger partial charge in [-0.25, -0.2) is 9.50 Å². The van der Waals surface area contributed by atoms with Gasteiger partial charge >= 0.3 is 0 Å². The first kappa shape index (κ1) is 7.55. The first-order valence-electron chi connectivity index (χ1n) is 3.70. The van der Waals surface area contributed by atoms with Crippen LogP contribution in [-0.2, 0) is 0 Å². The molecule has 0 atom stereocenters. The third kappa shape index (κ3) is 0.924. The van der Waals surface area contributed by atoms with E-state index >= 15 is 0 Å². The van der Waals surface area contributed by atoms with Crippen LogP contribution in [0.2, 0.25) is 0 Å². The van der Waals surface area contributed by atoms with Crippen molar-refractivity contribution in [1.29, 1.82) is 5.26 Å². The second kappa shape index (κ2) is 2.45. The topological polar surface area (TPSA) is 73.9 Å². The molecule has 0 aliphatic rings. The molecule has 5 nitrogen and oxygen atoms in total. The van der Waals surface area contributed by atoms with Gasteiger partial charge in [-0.2, -0.15) is 5.26 Å². The maximum Gasteiger partial charge on any atom is 0.201 e. The number of nitrogens with one attached hydrogen (secondary N) is 1. The van der Waals surface area contributed by atoms with Crippen molar-refractivity contribution in [2.75, 3.05) is 0 Å². The van der Waals surface area contributed by atoms with E-state index < -0.39 is 0 Å². The molecule has 1 N–H and O–H groups in total. The molecule has 0 radical (unpaired) electrons. The number of pyridine rings is 1. The lowest BCUT2D eigenvalue weighted by molar-refractivity contribution is 0.906. The summed E-state index contributed by atoms with van der Waals surface area (Å²) in [5.74, 6) is 0. The second-order valence-corrected chi connectivity index (χ2v) is 2.66. The van der Waals surface area contributed by atoms with Crippen molar-refractivity contribution >= 4 is 5.65 Å². The number of nitrogens with zero attached hydrogens (tertiary/aromatic N) is 3. The Labute approximate surface area is 73.2 Å². The monoisotopic (exact) mass is 174 g/mol. The predicted molar refractivity (Wildman–Crippen MR) is 45.3 cm³/mol. The highest BCUT2D eigenvalue weighted by atomic mass is 16.1. The average molecular weight is 174 g/mol. The molecule has 0 saturated heterocycles. The molecule has 2 aromatic heterocycles. The second-order valence-electron chi connectivity index (χ2n) is 2.66. The van der Waals surface area contributed by atoms with Crippen LogP contribution >= 0.6 is 0 Å². The number of hydrogen-bond donors (Lipinski definition) is 1. The Bertz CT molecular complexity index is 558. The van der Waals surface area contributed by atoms with Gasteiger partial charge in [0.15, 0.2) is 5.65 Å². The summed E-state index contributed by atoms with van der Waals surface area (Å²) >= 11 is 0. The highest BCUT2D eigenvalue weighted by Crippen LogP contribution is 2.03. The largest absolute Gasteiger partial charge is 0.288 e. The highest BCUT2D eigenvalue weighted by molar-refractivity contribution is 5.44. The number of aryl methyl sites for hydroxylation is 1. The maximum absolute atomic E-state index is 11.3. The number of fused-ring (bicyclic) bond motifs is 1. The molecule has 0 aliphatic heterocycles. The summed E-state index contributed by atoms with van der Waals surface area (Å²) in [6.07, 6.45) is 1.48. The molecule has 0 spiro atoms. The van der Waals surface area contributed by atoms with Crippen molar-refractivity contribution in [1.82, 2.24) is 14.6 Å². The fourth-order valence-electron chi connectivity index (χ4n) is 1.26. The van der Waals surface area contributed by atoms with Crippen molar-refractivity contribution in [3.8, 4) is 6.07 Å². The van der Waals surface area contributed by atoms with Gasteiger partial charge in [-0.3, -0.25) is 9.89 Å². The minimum atomic E-state index is -0.285.